The fourth-order valence-electron chi connectivity index (χ4n) is 5.78. The Morgan fingerprint density at radius 1 is 0.975 bits per heavy atom. The Bertz CT molecular complexity index is 983. The molecule has 0 aromatic carbocycles. The van der Waals surface area contributed by atoms with Crippen LogP contribution in [0.5, 0.6) is 0 Å². The highest BCUT2D eigenvalue weighted by molar-refractivity contribution is 6.38. The molecule has 3 aliphatic rings. The molecule has 12 heteroatoms. The Labute approximate surface area is 235 Å². The van der Waals surface area contributed by atoms with Gasteiger partial charge in [-0.15, -0.1) is 0 Å². The Kier molecular flexibility index (Phi) is 9.82. The summed E-state index contributed by atoms with van der Waals surface area (Å²) in [6.07, 6.45) is 5.38. The van der Waals surface area contributed by atoms with Gasteiger partial charge in [-0.3, -0.25) is 19.2 Å². The number of nitrogens with zero attached hydrogens (tertiary/aromatic N) is 1. The molecule has 0 bridgehead atoms. The molecule has 3 atom stereocenters. The summed E-state index contributed by atoms with van der Waals surface area (Å²) in [5.74, 6) is -6.04. The Morgan fingerprint density at radius 3 is 2.12 bits per heavy atom. The number of halogens is 2. The van der Waals surface area contributed by atoms with E-state index in [0.29, 0.717) is 13.0 Å². The van der Waals surface area contributed by atoms with Crippen LogP contribution in [0.3, 0.4) is 0 Å². The molecule has 5 amide bonds. The van der Waals surface area contributed by atoms with Crippen LogP contribution in [0.15, 0.2) is 0 Å². The van der Waals surface area contributed by atoms with Crippen molar-refractivity contribution in [3.8, 4) is 0 Å². The van der Waals surface area contributed by atoms with Crippen molar-refractivity contribution < 1.29 is 32.8 Å². The van der Waals surface area contributed by atoms with Gasteiger partial charge in [0.15, 0.2) is 0 Å². The van der Waals surface area contributed by atoms with Crippen molar-refractivity contribution in [2.45, 2.75) is 122 Å². The minimum Gasteiger partial charge on any atom is -0.347 e. The highest BCUT2D eigenvalue weighted by Gasteiger charge is 2.51. The van der Waals surface area contributed by atoms with E-state index in [1.54, 1.807) is 0 Å². The van der Waals surface area contributed by atoms with Gasteiger partial charge < -0.3 is 26.2 Å². The fraction of sp³-hybridized carbons (Fsp3) is 0.821. The number of alkyl halides is 2. The van der Waals surface area contributed by atoms with E-state index < -0.39 is 71.8 Å². The minimum absolute atomic E-state index is 0.114. The first-order chi connectivity index (χ1) is 18.5. The molecule has 2 aliphatic carbocycles. The number of amides is 5. The molecule has 1 spiro atoms. The second-order valence-electron chi connectivity index (χ2n) is 13.1. The van der Waals surface area contributed by atoms with Crippen LogP contribution in [-0.4, -0.2) is 78.1 Å². The number of likely N-dealkylation sites (tertiary alicyclic amines) is 1. The zero-order valence-electron chi connectivity index (χ0n) is 24.3. The normalized spacial score (nSPS) is 22.3. The van der Waals surface area contributed by atoms with Gasteiger partial charge in [-0.1, -0.05) is 40.0 Å². The van der Waals surface area contributed by atoms with Crippen LogP contribution in [-0.2, 0) is 19.2 Å². The molecule has 40 heavy (non-hydrogen) atoms. The summed E-state index contributed by atoms with van der Waals surface area (Å²) in [5, 5.41) is 10.3. The molecular weight excluding hydrogens is 524 g/mol. The minimum atomic E-state index is -3.09. The van der Waals surface area contributed by atoms with Gasteiger partial charge in [-0.05, 0) is 56.3 Å². The summed E-state index contributed by atoms with van der Waals surface area (Å²) in [5.41, 5.74) is -0.969. The smallest absolute Gasteiger partial charge is 0.315 e. The van der Waals surface area contributed by atoms with E-state index in [2.05, 4.69) is 21.3 Å². The van der Waals surface area contributed by atoms with E-state index >= 15 is 0 Å². The fourth-order valence-corrected chi connectivity index (χ4v) is 5.78. The summed E-state index contributed by atoms with van der Waals surface area (Å²) in [7, 11) is 1.44. The van der Waals surface area contributed by atoms with Gasteiger partial charge in [0.1, 0.15) is 12.1 Å². The van der Waals surface area contributed by atoms with Crippen LogP contribution in [0.4, 0.5) is 13.6 Å². The first-order valence-electron chi connectivity index (χ1n) is 14.4. The second kappa shape index (κ2) is 12.4. The second-order valence-corrected chi connectivity index (χ2v) is 13.1. The van der Waals surface area contributed by atoms with Crippen molar-refractivity contribution in [2.24, 2.45) is 10.8 Å². The lowest BCUT2D eigenvalue weighted by Gasteiger charge is -2.36. The van der Waals surface area contributed by atoms with Crippen LogP contribution >= 0.6 is 0 Å². The number of carbonyl (C=O) groups is 5. The molecule has 2 unspecified atom stereocenters. The largest absolute Gasteiger partial charge is 0.347 e. The maximum atomic E-state index is 14.0. The van der Waals surface area contributed by atoms with E-state index in [4.69, 9.17) is 0 Å². The van der Waals surface area contributed by atoms with Crippen molar-refractivity contribution in [1.29, 1.82) is 0 Å². The average molecular weight is 570 g/mol. The quantitative estimate of drug-likeness (QED) is 0.300. The molecule has 0 aromatic rings. The van der Waals surface area contributed by atoms with Crippen molar-refractivity contribution >= 4 is 29.5 Å². The van der Waals surface area contributed by atoms with Gasteiger partial charge in [0.25, 0.3) is 5.91 Å². The summed E-state index contributed by atoms with van der Waals surface area (Å²) in [4.78, 5) is 66.9. The van der Waals surface area contributed by atoms with E-state index in [9.17, 15) is 32.8 Å². The summed E-state index contributed by atoms with van der Waals surface area (Å²) >= 11 is 0. The molecule has 1 heterocycles. The van der Waals surface area contributed by atoms with E-state index in [0.717, 1.165) is 51.9 Å². The van der Waals surface area contributed by atoms with Gasteiger partial charge >= 0.3 is 6.03 Å². The highest BCUT2D eigenvalue weighted by atomic mass is 19.3. The van der Waals surface area contributed by atoms with Crippen molar-refractivity contribution in [1.82, 2.24) is 26.2 Å². The molecule has 0 radical (unpaired) electrons. The zero-order valence-corrected chi connectivity index (χ0v) is 24.3. The molecule has 3 fully saturated rings. The first kappa shape index (κ1) is 31.7. The Balaban J connectivity index is 1.87. The molecular formula is C28H45F2N5O5. The standard InChI is InChI=1S/C28H45F2N5O5/c1-26(2,3)21(34-25(40)31-5)24(39)35-16-28(12-7-6-8-13-28)15-19(35)22(37)33-18(11-14-27(4,29)30)20(36)23(38)32-17-9-10-17/h17-19,21H,6-16H2,1-5H3,(H,32,38)(H,33,37)(H2,31,34,40)/t18?,19-,21?/m0/s1. The molecule has 3 rings (SSSR count). The van der Waals surface area contributed by atoms with Gasteiger partial charge in [-0.25, -0.2) is 13.6 Å². The zero-order chi connectivity index (χ0) is 29.9. The molecule has 4 N–H and O–H groups in total. The third kappa shape index (κ3) is 8.36. The van der Waals surface area contributed by atoms with Crippen LogP contribution in [0.25, 0.3) is 0 Å². The van der Waals surface area contributed by atoms with Crippen LogP contribution in [0.1, 0.15) is 91.9 Å². The number of rotatable bonds is 10. The van der Waals surface area contributed by atoms with Gasteiger partial charge in [0, 0.05) is 26.1 Å². The highest BCUT2D eigenvalue weighted by Crippen LogP contribution is 2.47. The monoisotopic (exact) mass is 569 g/mol. The Morgan fingerprint density at radius 2 is 1.60 bits per heavy atom. The number of hydrogen-bond acceptors (Lipinski definition) is 5. The molecule has 1 aliphatic heterocycles. The number of urea groups is 1. The number of hydrogen-bond donors (Lipinski definition) is 4. The lowest BCUT2D eigenvalue weighted by Crippen LogP contribution is -2.60. The van der Waals surface area contributed by atoms with Crippen LogP contribution in [0.2, 0.25) is 0 Å². The van der Waals surface area contributed by atoms with Gasteiger partial charge in [-0.2, -0.15) is 0 Å². The summed E-state index contributed by atoms with van der Waals surface area (Å²) < 4.78 is 27.5. The predicted octanol–water partition coefficient (Wildman–Crippen LogP) is 2.65. The van der Waals surface area contributed by atoms with Crippen LogP contribution in [0, 0.1) is 10.8 Å². The summed E-state index contributed by atoms with van der Waals surface area (Å²) in [6, 6.07) is -4.00. The SMILES string of the molecule is CNC(=O)NC(C(=O)N1CC2(CCCCC2)C[C@H]1C(=O)NC(CCC(C)(F)F)C(=O)C(=O)NC1CC1)C(C)(C)C. The summed E-state index contributed by atoms with van der Waals surface area (Å²) in [6.45, 7) is 6.47. The average Bonchev–Trinajstić information content (AvgIpc) is 3.61. The van der Waals surface area contributed by atoms with Crippen molar-refractivity contribution in [3.63, 3.8) is 0 Å². The first-order valence-corrected chi connectivity index (χ1v) is 14.4. The molecule has 2 saturated carbocycles. The van der Waals surface area contributed by atoms with E-state index in [1.165, 1.54) is 11.9 Å². The molecule has 1 saturated heterocycles. The van der Waals surface area contributed by atoms with Gasteiger partial charge in [0.2, 0.25) is 23.5 Å². The van der Waals surface area contributed by atoms with E-state index in [1.807, 2.05) is 20.8 Å². The maximum absolute atomic E-state index is 14.0. The number of Topliss-reactive ketones (excluding diaryl/α,β-unsaturated/α-hetero) is 1. The number of carbonyl (C=O) groups excluding carboxylic acids is 5. The molecule has 10 nitrogen and oxygen atoms in total. The van der Waals surface area contributed by atoms with E-state index in [-0.39, 0.29) is 11.5 Å². The van der Waals surface area contributed by atoms with Gasteiger partial charge in [0.05, 0.1) is 6.04 Å². The third-order valence-corrected chi connectivity index (χ3v) is 8.27. The lowest BCUT2D eigenvalue weighted by molar-refractivity contribution is -0.144. The molecule has 0 aromatic heterocycles. The van der Waals surface area contributed by atoms with Crippen LogP contribution < -0.4 is 21.3 Å². The topological polar surface area (TPSA) is 137 Å². The Hall–Kier alpha value is -2.79. The lowest BCUT2D eigenvalue weighted by atomic mass is 9.72. The number of nitrogens with one attached hydrogen (secondary N) is 4. The number of ketones is 1. The maximum Gasteiger partial charge on any atom is 0.315 e. The van der Waals surface area contributed by atoms with Crippen molar-refractivity contribution in [2.75, 3.05) is 13.6 Å². The predicted molar refractivity (Wildman–Crippen MR) is 144 cm³/mol. The molecule has 226 valence electrons. The van der Waals surface area contributed by atoms with Crippen molar-refractivity contribution in [3.05, 3.63) is 0 Å². The third-order valence-electron chi connectivity index (χ3n) is 8.27.